The molecule has 0 spiro atoms. The second-order valence-electron chi connectivity index (χ2n) is 10.1. The third-order valence-corrected chi connectivity index (χ3v) is 9.30. The van der Waals surface area contributed by atoms with Crippen LogP contribution in [0.3, 0.4) is 0 Å². The van der Waals surface area contributed by atoms with Gasteiger partial charge in [0.1, 0.15) is 12.1 Å². The summed E-state index contributed by atoms with van der Waals surface area (Å²) in [5, 5.41) is 5.69. The predicted octanol–water partition coefficient (Wildman–Crippen LogP) is 3.62. The Labute approximate surface area is 237 Å². The average Bonchev–Trinajstić information content (AvgIpc) is 2.95. The van der Waals surface area contributed by atoms with Crippen molar-refractivity contribution in [3.63, 3.8) is 0 Å². The van der Waals surface area contributed by atoms with Crippen molar-refractivity contribution in [3.8, 4) is 5.75 Å². The molecule has 0 unspecified atom stereocenters. The maximum absolute atomic E-state index is 12.8. The van der Waals surface area contributed by atoms with E-state index in [1.54, 1.807) is 45.2 Å². The van der Waals surface area contributed by atoms with Crippen molar-refractivity contribution in [2.75, 3.05) is 75.5 Å². The number of hydrogen-bond acceptors (Lipinski definition) is 11. The van der Waals surface area contributed by atoms with Crippen molar-refractivity contribution in [2.45, 2.75) is 30.9 Å². The minimum absolute atomic E-state index is 0.199. The van der Waals surface area contributed by atoms with E-state index in [0.29, 0.717) is 23.1 Å². The number of hydrogen-bond donors (Lipinski definition) is 2. The first kappa shape index (κ1) is 29.5. The first-order valence-corrected chi connectivity index (χ1v) is 15.2. The molecule has 0 atom stereocenters. The van der Waals surface area contributed by atoms with E-state index in [9.17, 15) is 8.42 Å². The van der Waals surface area contributed by atoms with Crippen LogP contribution in [0.4, 0.5) is 29.0 Å². The minimum Gasteiger partial charge on any atom is -0.494 e. The molecule has 12 heteroatoms. The molecule has 0 amide bonds. The molecule has 0 aliphatic carbocycles. The van der Waals surface area contributed by atoms with Gasteiger partial charge in [-0.3, -0.25) is 4.90 Å². The van der Waals surface area contributed by atoms with Gasteiger partial charge in [-0.15, -0.1) is 0 Å². The predicted molar refractivity (Wildman–Crippen MR) is 160 cm³/mol. The normalized spacial score (nSPS) is 14.8. The van der Waals surface area contributed by atoms with Gasteiger partial charge in [0.05, 0.1) is 28.6 Å². The Morgan fingerprint density at radius 1 is 1.00 bits per heavy atom. The fourth-order valence-electron chi connectivity index (χ4n) is 4.51. The zero-order chi connectivity index (χ0) is 28.7. The highest BCUT2D eigenvalue weighted by Crippen LogP contribution is 2.32. The Bertz CT molecular complexity index is 1380. The van der Waals surface area contributed by atoms with E-state index < -0.39 is 15.1 Å². The summed E-state index contributed by atoms with van der Waals surface area (Å²) in [5.41, 5.74) is 2.20. The van der Waals surface area contributed by atoms with Crippen LogP contribution >= 0.6 is 0 Å². The number of ether oxygens (including phenoxy) is 1. The molecular formula is C28H40N8O3S. The van der Waals surface area contributed by atoms with E-state index in [0.717, 1.165) is 51.5 Å². The molecule has 1 aromatic heterocycles. The van der Waals surface area contributed by atoms with E-state index >= 15 is 0 Å². The zero-order valence-corrected chi connectivity index (χ0v) is 24.8. The number of anilines is 5. The van der Waals surface area contributed by atoms with Crippen molar-refractivity contribution in [1.82, 2.24) is 24.8 Å². The lowest BCUT2D eigenvalue weighted by molar-refractivity contribution is 0.157. The van der Waals surface area contributed by atoms with E-state index in [2.05, 4.69) is 60.3 Å². The third-order valence-electron chi connectivity index (χ3n) is 7.09. The summed E-state index contributed by atoms with van der Waals surface area (Å²) < 4.78 is 31.4. The fourth-order valence-corrected chi connectivity index (χ4v) is 5.71. The monoisotopic (exact) mass is 568 g/mol. The highest BCUT2D eigenvalue weighted by molar-refractivity contribution is 7.92. The summed E-state index contributed by atoms with van der Waals surface area (Å²) in [6, 6.07) is 12.8. The first-order chi connectivity index (χ1) is 19.2. The maximum Gasteiger partial charge on any atom is 0.232 e. The Kier molecular flexibility index (Phi) is 9.77. The van der Waals surface area contributed by atoms with E-state index in [1.807, 2.05) is 12.1 Å². The standard InChI is InChI=1S/C28H40N8O3S/c1-6-36(18-17-35-15-13-34(4)14-16-35)22-11-12-23(25(19-22)39-5)31-27-29-20-30-28(33-27)32-24-9-7-8-10-26(24)40(37,38)21(2)3/h7-12,19-21H,6,13-18H2,1-5H3,(H2,29,30,31,32,33). The van der Waals surface area contributed by atoms with Crippen LogP contribution in [0.15, 0.2) is 53.7 Å². The molecule has 1 saturated heterocycles. The number of nitrogens with zero attached hydrogens (tertiary/aromatic N) is 6. The summed E-state index contributed by atoms with van der Waals surface area (Å²) in [5.74, 6) is 1.19. The molecule has 1 fully saturated rings. The number of benzene rings is 2. The summed E-state index contributed by atoms with van der Waals surface area (Å²) in [4.78, 5) is 20.3. The first-order valence-electron chi connectivity index (χ1n) is 13.6. The van der Waals surface area contributed by atoms with Crippen LogP contribution in [-0.2, 0) is 9.84 Å². The largest absolute Gasteiger partial charge is 0.494 e. The number of methoxy groups -OCH3 is 1. The fraction of sp³-hybridized carbons (Fsp3) is 0.464. The summed E-state index contributed by atoms with van der Waals surface area (Å²) in [7, 11) is 0.312. The van der Waals surface area contributed by atoms with Crippen LogP contribution in [0, 0.1) is 0 Å². The smallest absolute Gasteiger partial charge is 0.232 e. The van der Waals surface area contributed by atoms with Gasteiger partial charge in [0, 0.05) is 57.6 Å². The van der Waals surface area contributed by atoms with Gasteiger partial charge in [-0.1, -0.05) is 12.1 Å². The lowest BCUT2D eigenvalue weighted by Gasteiger charge is -2.34. The van der Waals surface area contributed by atoms with Crippen LogP contribution in [0.5, 0.6) is 5.75 Å². The number of piperazine rings is 1. The molecule has 0 bridgehead atoms. The quantitative estimate of drug-likeness (QED) is 0.334. The SMILES string of the molecule is CCN(CCN1CCN(C)CC1)c1ccc(Nc2ncnc(Nc3ccccc3S(=O)(=O)C(C)C)n2)c(OC)c1. The number of nitrogens with one attached hydrogen (secondary N) is 2. The van der Waals surface area contributed by atoms with Gasteiger partial charge in [0.25, 0.3) is 0 Å². The highest BCUT2D eigenvalue weighted by Gasteiger charge is 2.23. The number of aromatic nitrogens is 3. The number of para-hydroxylation sites is 1. The molecule has 0 saturated carbocycles. The van der Waals surface area contributed by atoms with Crippen LogP contribution in [0.1, 0.15) is 20.8 Å². The van der Waals surface area contributed by atoms with Gasteiger partial charge in [-0.25, -0.2) is 18.4 Å². The molecule has 1 aliphatic heterocycles. The molecule has 2 N–H and O–H groups in total. The van der Waals surface area contributed by atoms with Crippen molar-refractivity contribution in [2.24, 2.45) is 0 Å². The average molecular weight is 569 g/mol. The third kappa shape index (κ3) is 7.18. The van der Waals surface area contributed by atoms with Gasteiger partial charge < -0.3 is 25.2 Å². The summed E-state index contributed by atoms with van der Waals surface area (Å²) in [6.45, 7) is 12.7. The van der Waals surface area contributed by atoms with Crippen LogP contribution in [0.25, 0.3) is 0 Å². The Morgan fingerprint density at radius 3 is 2.33 bits per heavy atom. The molecule has 40 heavy (non-hydrogen) atoms. The molecule has 2 aromatic carbocycles. The van der Waals surface area contributed by atoms with Crippen molar-refractivity contribution in [1.29, 1.82) is 0 Å². The van der Waals surface area contributed by atoms with E-state index in [-0.39, 0.29) is 10.8 Å². The molecule has 0 radical (unpaired) electrons. The number of sulfone groups is 1. The highest BCUT2D eigenvalue weighted by atomic mass is 32.2. The summed E-state index contributed by atoms with van der Waals surface area (Å²) >= 11 is 0. The number of rotatable bonds is 12. The Balaban J connectivity index is 1.47. The molecule has 2 heterocycles. The van der Waals surface area contributed by atoms with Crippen molar-refractivity contribution < 1.29 is 13.2 Å². The molecule has 3 aromatic rings. The minimum atomic E-state index is -3.50. The second-order valence-corrected chi connectivity index (χ2v) is 12.6. The lowest BCUT2D eigenvalue weighted by atomic mass is 10.2. The Morgan fingerprint density at radius 2 is 1.68 bits per heavy atom. The van der Waals surface area contributed by atoms with E-state index in [4.69, 9.17) is 4.74 Å². The van der Waals surface area contributed by atoms with Crippen LogP contribution in [0.2, 0.25) is 0 Å². The zero-order valence-electron chi connectivity index (χ0n) is 24.0. The van der Waals surface area contributed by atoms with Crippen molar-refractivity contribution in [3.05, 3.63) is 48.8 Å². The van der Waals surface area contributed by atoms with Crippen LogP contribution in [-0.4, -0.2) is 98.4 Å². The van der Waals surface area contributed by atoms with Gasteiger partial charge in [-0.2, -0.15) is 4.98 Å². The van der Waals surface area contributed by atoms with Gasteiger partial charge >= 0.3 is 0 Å². The van der Waals surface area contributed by atoms with Gasteiger partial charge in [-0.05, 0) is 52.1 Å². The lowest BCUT2D eigenvalue weighted by Crippen LogP contribution is -2.47. The number of likely N-dealkylation sites (N-methyl/N-ethyl adjacent to an activating group) is 2. The van der Waals surface area contributed by atoms with Gasteiger partial charge in [0.2, 0.25) is 11.9 Å². The molecule has 4 rings (SSSR count). The van der Waals surface area contributed by atoms with Crippen LogP contribution < -0.4 is 20.3 Å². The van der Waals surface area contributed by atoms with Gasteiger partial charge in [0.15, 0.2) is 9.84 Å². The topological polar surface area (TPSA) is 116 Å². The Hall–Kier alpha value is -3.48. The molecular weight excluding hydrogens is 528 g/mol. The second kappa shape index (κ2) is 13.2. The van der Waals surface area contributed by atoms with E-state index in [1.165, 1.54) is 6.33 Å². The molecule has 11 nitrogen and oxygen atoms in total. The van der Waals surface area contributed by atoms with Crippen molar-refractivity contribution >= 4 is 38.8 Å². The maximum atomic E-state index is 12.8. The molecule has 1 aliphatic rings. The molecule has 216 valence electrons. The summed E-state index contributed by atoms with van der Waals surface area (Å²) in [6.07, 6.45) is 1.37.